The van der Waals surface area contributed by atoms with Crippen molar-refractivity contribution in [1.82, 2.24) is 0 Å². The fourth-order valence-corrected chi connectivity index (χ4v) is 1.45. The molecule has 80 valence electrons. The van der Waals surface area contributed by atoms with Crippen LogP contribution in [0.25, 0.3) is 0 Å². The van der Waals surface area contributed by atoms with E-state index in [0.717, 1.165) is 22.3 Å². The number of rotatable bonds is 0. The van der Waals surface area contributed by atoms with Crippen molar-refractivity contribution in [3.05, 3.63) is 33.6 Å². The third kappa shape index (κ3) is 2.14. The third-order valence-corrected chi connectivity index (χ3v) is 2.91. The van der Waals surface area contributed by atoms with Crippen molar-refractivity contribution in [3.63, 3.8) is 0 Å². The summed E-state index contributed by atoms with van der Waals surface area (Å²) in [5.41, 5.74) is 4.95. The Kier molecular flexibility index (Phi) is 4.82. The zero-order chi connectivity index (χ0) is 11.5. The van der Waals surface area contributed by atoms with Gasteiger partial charge in [0.25, 0.3) is 0 Å². The van der Waals surface area contributed by atoms with Gasteiger partial charge < -0.3 is 0 Å². The molecule has 0 aliphatic rings. The fraction of sp³-hybridized carbons (Fsp3) is 0.538. The maximum atomic E-state index is 13.4. The molecule has 0 N–H and O–H groups in total. The van der Waals surface area contributed by atoms with Gasteiger partial charge in [-0.05, 0) is 62.4 Å². The van der Waals surface area contributed by atoms with Gasteiger partial charge in [-0.3, -0.25) is 0 Å². The topological polar surface area (TPSA) is 0 Å². The van der Waals surface area contributed by atoms with Gasteiger partial charge in [-0.1, -0.05) is 13.8 Å². The van der Waals surface area contributed by atoms with Crippen molar-refractivity contribution in [2.24, 2.45) is 0 Å². The first-order valence-electron chi connectivity index (χ1n) is 5.19. The lowest BCUT2D eigenvalue weighted by Crippen LogP contribution is -1.99. The Morgan fingerprint density at radius 2 is 0.786 bits per heavy atom. The van der Waals surface area contributed by atoms with Gasteiger partial charge in [-0.15, -0.1) is 0 Å². The molecule has 1 heteroatoms. The van der Waals surface area contributed by atoms with Crippen LogP contribution in [0.1, 0.15) is 41.7 Å². The maximum absolute atomic E-state index is 13.4. The number of hydrogen-bond donors (Lipinski definition) is 0. The number of halogens is 1. The molecule has 0 saturated heterocycles. The fourth-order valence-electron chi connectivity index (χ4n) is 1.45. The van der Waals surface area contributed by atoms with E-state index in [9.17, 15) is 4.39 Å². The van der Waals surface area contributed by atoms with Crippen LogP contribution in [-0.4, -0.2) is 0 Å². The first-order chi connectivity index (χ1) is 6.46. The molecule has 0 amide bonds. The number of benzene rings is 1. The Balaban J connectivity index is 0.000000791. The highest BCUT2D eigenvalue weighted by Gasteiger charge is 2.10. The van der Waals surface area contributed by atoms with Crippen molar-refractivity contribution in [2.45, 2.75) is 48.5 Å². The average Bonchev–Trinajstić information content (AvgIpc) is 2.24. The lowest BCUT2D eigenvalue weighted by Gasteiger charge is -2.12. The zero-order valence-corrected chi connectivity index (χ0v) is 10.4. The highest BCUT2D eigenvalue weighted by atomic mass is 19.1. The maximum Gasteiger partial charge on any atom is 0.129 e. The summed E-state index contributed by atoms with van der Waals surface area (Å²) in [6, 6.07) is 0. The van der Waals surface area contributed by atoms with Crippen LogP contribution >= 0.6 is 0 Å². The summed E-state index contributed by atoms with van der Waals surface area (Å²) in [5.74, 6) is -0.0457. The predicted molar refractivity (Wildman–Crippen MR) is 61.4 cm³/mol. The smallest absolute Gasteiger partial charge is 0.129 e. The van der Waals surface area contributed by atoms with E-state index < -0.39 is 0 Å². The van der Waals surface area contributed by atoms with Crippen molar-refractivity contribution >= 4 is 0 Å². The first-order valence-corrected chi connectivity index (χ1v) is 5.19. The van der Waals surface area contributed by atoms with Crippen molar-refractivity contribution < 1.29 is 4.39 Å². The van der Waals surface area contributed by atoms with Gasteiger partial charge >= 0.3 is 0 Å². The van der Waals surface area contributed by atoms with Crippen LogP contribution in [0.2, 0.25) is 0 Å². The molecule has 1 aromatic carbocycles. The minimum absolute atomic E-state index is 0.0457. The Bertz CT molecular complexity index is 220. The summed E-state index contributed by atoms with van der Waals surface area (Å²) in [4.78, 5) is 0. The molecule has 1 aromatic rings. The third-order valence-electron chi connectivity index (χ3n) is 2.91. The molecule has 14 heavy (non-hydrogen) atoms. The molecule has 0 nitrogen and oxygen atoms in total. The molecule has 0 aromatic heterocycles. The van der Waals surface area contributed by atoms with Crippen molar-refractivity contribution in [1.29, 1.82) is 0 Å². The summed E-state index contributed by atoms with van der Waals surface area (Å²) in [7, 11) is 0. The summed E-state index contributed by atoms with van der Waals surface area (Å²) in [6.45, 7) is 13.7. The predicted octanol–water partition coefficient (Wildman–Crippen LogP) is 4.39. The van der Waals surface area contributed by atoms with Gasteiger partial charge in [0.15, 0.2) is 0 Å². The van der Waals surface area contributed by atoms with E-state index in [0.29, 0.717) is 0 Å². The summed E-state index contributed by atoms with van der Waals surface area (Å²) >= 11 is 0. The van der Waals surface area contributed by atoms with Gasteiger partial charge in [-0.2, -0.15) is 0 Å². The van der Waals surface area contributed by atoms with Gasteiger partial charge in [0.2, 0.25) is 0 Å². The molecule has 0 spiro atoms. The number of hydrogen-bond acceptors (Lipinski definition) is 0. The molecular formula is C13H21F. The van der Waals surface area contributed by atoms with Gasteiger partial charge in [-0.25, -0.2) is 4.39 Å². The Morgan fingerprint density at radius 1 is 0.571 bits per heavy atom. The summed E-state index contributed by atoms with van der Waals surface area (Å²) in [6.07, 6.45) is 0. The molecule has 0 fully saturated rings. The van der Waals surface area contributed by atoms with E-state index in [1.165, 1.54) is 5.56 Å². The van der Waals surface area contributed by atoms with Crippen LogP contribution < -0.4 is 0 Å². The highest BCUT2D eigenvalue weighted by Crippen LogP contribution is 2.23. The normalized spacial score (nSPS) is 9.43. The van der Waals surface area contributed by atoms with E-state index >= 15 is 0 Å². The van der Waals surface area contributed by atoms with E-state index in [1.54, 1.807) is 0 Å². The minimum atomic E-state index is -0.0457. The lowest BCUT2D eigenvalue weighted by atomic mass is 9.95. The molecule has 1 rings (SSSR count). The second-order valence-corrected chi connectivity index (χ2v) is 3.44. The van der Waals surface area contributed by atoms with Crippen LogP contribution in [0.5, 0.6) is 0 Å². The molecule has 0 radical (unpaired) electrons. The Morgan fingerprint density at radius 3 is 1.07 bits per heavy atom. The Labute approximate surface area is 87.2 Å². The average molecular weight is 196 g/mol. The van der Waals surface area contributed by atoms with Crippen LogP contribution in [-0.2, 0) is 0 Å². The molecule has 0 atom stereocenters. The monoisotopic (exact) mass is 196 g/mol. The summed E-state index contributed by atoms with van der Waals surface area (Å²) in [5, 5.41) is 0. The SMILES string of the molecule is CC.Cc1c(C)c(C)c(F)c(C)c1C. The van der Waals surface area contributed by atoms with Crippen LogP contribution in [0.4, 0.5) is 4.39 Å². The molecule has 0 aliphatic heterocycles. The van der Waals surface area contributed by atoms with Crippen LogP contribution in [0.15, 0.2) is 0 Å². The molecule has 0 heterocycles. The van der Waals surface area contributed by atoms with E-state index in [2.05, 4.69) is 0 Å². The van der Waals surface area contributed by atoms with E-state index in [4.69, 9.17) is 0 Å². The molecule has 0 saturated carbocycles. The second-order valence-electron chi connectivity index (χ2n) is 3.44. The Hall–Kier alpha value is -0.850. The highest BCUT2D eigenvalue weighted by molar-refractivity contribution is 5.44. The van der Waals surface area contributed by atoms with Crippen LogP contribution in [0.3, 0.4) is 0 Å². The zero-order valence-electron chi connectivity index (χ0n) is 10.4. The van der Waals surface area contributed by atoms with Crippen LogP contribution in [0, 0.1) is 40.4 Å². The quantitative estimate of drug-likeness (QED) is 0.577. The van der Waals surface area contributed by atoms with E-state index in [-0.39, 0.29) is 5.82 Å². The molecule has 0 aliphatic carbocycles. The van der Waals surface area contributed by atoms with Crippen molar-refractivity contribution in [2.75, 3.05) is 0 Å². The van der Waals surface area contributed by atoms with Gasteiger partial charge in [0, 0.05) is 0 Å². The molecule has 0 unspecified atom stereocenters. The standard InChI is InChI=1S/C11H15F.C2H6/c1-6-7(2)9(4)11(12)10(5)8(6)3;1-2/h1-5H3;1-2H3. The first kappa shape index (κ1) is 13.2. The molecule has 0 bridgehead atoms. The lowest BCUT2D eigenvalue weighted by molar-refractivity contribution is 0.605. The largest absolute Gasteiger partial charge is 0.206 e. The van der Waals surface area contributed by atoms with Crippen molar-refractivity contribution in [3.8, 4) is 0 Å². The minimum Gasteiger partial charge on any atom is -0.206 e. The van der Waals surface area contributed by atoms with Gasteiger partial charge in [0.1, 0.15) is 5.82 Å². The van der Waals surface area contributed by atoms with E-state index in [1.807, 2.05) is 48.5 Å². The van der Waals surface area contributed by atoms with Gasteiger partial charge in [0.05, 0.1) is 0 Å². The second kappa shape index (κ2) is 5.14. The summed E-state index contributed by atoms with van der Waals surface area (Å²) < 4.78 is 13.4. The molecular weight excluding hydrogens is 175 g/mol.